The van der Waals surface area contributed by atoms with Crippen molar-refractivity contribution in [1.82, 2.24) is 0 Å². The third-order valence-electron chi connectivity index (χ3n) is 3.49. The van der Waals surface area contributed by atoms with Crippen molar-refractivity contribution in [2.75, 3.05) is 17.7 Å². The van der Waals surface area contributed by atoms with Crippen molar-refractivity contribution in [3.8, 4) is 11.8 Å². The lowest BCUT2D eigenvalue weighted by Gasteiger charge is -2.10. The van der Waals surface area contributed by atoms with E-state index in [1.54, 1.807) is 24.3 Å². The number of hydrogen-bond acceptors (Lipinski definition) is 4. The number of amides is 1. The normalized spacial score (nSPS) is 10.6. The Morgan fingerprint density at radius 2 is 1.83 bits per heavy atom. The Morgan fingerprint density at radius 3 is 2.50 bits per heavy atom. The second-order valence-corrected chi connectivity index (χ2v) is 4.98. The molecule has 0 saturated carbocycles. The Bertz CT molecular complexity index is 791. The Hall–Kier alpha value is -3.26. The van der Waals surface area contributed by atoms with E-state index >= 15 is 0 Å². The number of aryl methyl sites for hydroxylation is 1. The SMILES string of the molecule is CCc1ccccc1N/C=C(/C#N)C(=O)Nc1ccccc1OC. The van der Waals surface area contributed by atoms with Gasteiger partial charge in [0.2, 0.25) is 0 Å². The number of nitrogens with zero attached hydrogens (tertiary/aromatic N) is 1. The van der Waals surface area contributed by atoms with Crippen LogP contribution in [0.15, 0.2) is 60.3 Å². The summed E-state index contributed by atoms with van der Waals surface area (Å²) in [5, 5.41) is 15.0. The summed E-state index contributed by atoms with van der Waals surface area (Å²) in [7, 11) is 1.52. The number of hydrogen-bond donors (Lipinski definition) is 2. The molecule has 0 atom stereocenters. The van der Waals surface area contributed by atoms with Gasteiger partial charge in [-0.05, 0) is 30.2 Å². The van der Waals surface area contributed by atoms with Gasteiger partial charge in [-0.25, -0.2) is 0 Å². The van der Waals surface area contributed by atoms with Crippen LogP contribution >= 0.6 is 0 Å². The predicted octanol–water partition coefficient (Wildman–Crippen LogP) is 3.72. The number of methoxy groups -OCH3 is 1. The van der Waals surface area contributed by atoms with E-state index in [1.165, 1.54) is 13.3 Å². The molecular weight excluding hydrogens is 302 g/mol. The number of rotatable bonds is 6. The maximum Gasteiger partial charge on any atom is 0.267 e. The van der Waals surface area contributed by atoms with Crippen molar-refractivity contribution in [3.63, 3.8) is 0 Å². The fourth-order valence-corrected chi connectivity index (χ4v) is 2.21. The van der Waals surface area contributed by atoms with E-state index in [4.69, 9.17) is 4.74 Å². The standard InChI is InChI=1S/C19H19N3O2/c1-3-14-8-4-5-9-16(14)21-13-15(12-20)19(23)22-17-10-6-7-11-18(17)24-2/h4-11,13,21H,3H2,1-2H3,(H,22,23)/b15-13-. The Kier molecular flexibility index (Phi) is 5.98. The second kappa shape index (κ2) is 8.39. The van der Waals surface area contributed by atoms with Gasteiger partial charge < -0.3 is 15.4 Å². The van der Waals surface area contributed by atoms with E-state index in [9.17, 15) is 10.1 Å². The first-order chi connectivity index (χ1) is 11.7. The molecule has 2 aromatic rings. The minimum atomic E-state index is -0.497. The fraction of sp³-hybridized carbons (Fsp3) is 0.158. The van der Waals surface area contributed by atoms with Gasteiger partial charge in [0.1, 0.15) is 17.4 Å². The summed E-state index contributed by atoms with van der Waals surface area (Å²) in [6.07, 6.45) is 2.27. The van der Waals surface area contributed by atoms with Crippen LogP contribution in [-0.4, -0.2) is 13.0 Å². The highest BCUT2D eigenvalue weighted by molar-refractivity contribution is 6.07. The molecule has 5 nitrogen and oxygen atoms in total. The summed E-state index contributed by atoms with van der Waals surface area (Å²) < 4.78 is 5.19. The van der Waals surface area contributed by atoms with Crippen molar-refractivity contribution in [2.45, 2.75) is 13.3 Å². The predicted molar refractivity (Wildman–Crippen MR) is 94.8 cm³/mol. The zero-order valence-corrected chi connectivity index (χ0v) is 13.7. The monoisotopic (exact) mass is 321 g/mol. The van der Waals surface area contributed by atoms with Gasteiger partial charge in [0.15, 0.2) is 0 Å². The van der Waals surface area contributed by atoms with Gasteiger partial charge in [0.05, 0.1) is 12.8 Å². The third-order valence-corrected chi connectivity index (χ3v) is 3.49. The number of nitrogens with one attached hydrogen (secondary N) is 2. The lowest BCUT2D eigenvalue weighted by Crippen LogP contribution is -2.15. The molecule has 0 spiro atoms. The minimum absolute atomic E-state index is 0.0215. The molecule has 24 heavy (non-hydrogen) atoms. The van der Waals surface area contributed by atoms with E-state index in [2.05, 4.69) is 10.6 Å². The van der Waals surface area contributed by atoms with Crippen LogP contribution in [0.25, 0.3) is 0 Å². The molecule has 0 radical (unpaired) electrons. The quantitative estimate of drug-likeness (QED) is 0.628. The first kappa shape index (κ1) is 17.1. The molecule has 0 saturated heterocycles. The van der Waals surface area contributed by atoms with Crippen LogP contribution in [-0.2, 0) is 11.2 Å². The minimum Gasteiger partial charge on any atom is -0.495 e. The average Bonchev–Trinajstić information content (AvgIpc) is 2.63. The topological polar surface area (TPSA) is 74.2 Å². The Balaban J connectivity index is 2.15. The number of nitriles is 1. The highest BCUT2D eigenvalue weighted by Crippen LogP contribution is 2.23. The van der Waals surface area contributed by atoms with Crippen LogP contribution < -0.4 is 15.4 Å². The van der Waals surface area contributed by atoms with Crippen LogP contribution in [0.1, 0.15) is 12.5 Å². The highest BCUT2D eigenvalue weighted by atomic mass is 16.5. The van der Waals surface area contributed by atoms with Crippen LogP contribution in [0.4, 0.5) is 11.4 Å². The fourth-order valence-electron chi connectivity index (χ4n) is 2.21. The van der Waals surface area contributed by atoms with Gasteiger partial charge in [-0.3, -0.25) is 4.79 Å². The molecular formula is C19H19N3O2. The van der Waals surface area contributed by atoms with Gasteiger partial charge in [-0.1, -0.05) is 37.3 Å². The number of carbonyl (C=O) groups excluding carboxylic acids is 1. The summed E-state index contributed by atoms with van der Waals surface area (Å²) in [4.78, 5) is 12.3. The largest absolute Gasteiger partial charge is 0.495 e. The van der Waals surface area contributed by atoms with E-state index < -0.39 is 5.91 Å². The van der Waals surface area contributed by atoms with Gasteiger partial charge >= 0.3 is 0 Å². The molecule has 2 rings (SSSR count). The van der Waals surface area contributed by atoms with Crippen LogP contribution in [0.5, 0.6) is 5.75 Å². The first-order valence-electron chi connectivity index (χ1n) is 7.58. The maximum atomic E-state index is 12.3. The Labute approximate surface area is 141 Å². The summed E-state index contributed by atoms with van der Waals surface area (Å²) in [6.45, 7) is 2.05. The smallest absolute Gasteiger partial charge is 0.267 e. The lowest BCUT2D eigenvalue weighted by atomic mass is 10.1. The van der Waals surface area contributed by atoms with E-state index in [1.807, 2.05) is 37.3 Å². The van der Waals surface area contributed by atoms with Gasteiger partial charge in [0, 0.05) is 11.9 Å². The molecule has 0 bridgehead atoms. The Morgan fingerprint density at radius 1 is 1.17 bits per heavy atom. The zero-order valence-electron chi connectivity index (χ0n) is 13.7. The number of benzene rings is 2. The number of anilines is 2. The summed E-state index contributed by atoms with van der Waals surface area (Å²) in [5.41, 5.74) is 2.47. The summed E-state index contributed by atoms with van der Waals surface area (Å²) in [5.74, 6) is 0.0379. The van der Waals surface area contributed by atoms with Crippen molar-refractivity contribution in [1.29, 1.82) is 5.26 Å². The number of ether oxygens (including phenoxy) is 1. The molecule has 0 aromatic heterocycles. The molecule has 0 heterocycles. The third kappa shape index (κ3) is 4.14. The van der Waals surface area contributed by atoms with Crippen molar-refractivity contribution >= 4 is 17.3 Å². The molecule has 0 aliphatic rings. The average molecular weight is 321 g/mol. The van der Waals surface area contributed by atoms with E-state index in [0.717, 1.165) is 17.7 Å². The number of carbonyl (C=O) groups is 1. The summed E-state index contributed by atoms with van der Waals surface area (Å²) in [6, 6.07) is 16.7. The molecule has 122 valence electrons. The van der Waals surface area contributed by atoms with E-state index in [-0.39, 0.29) is 5.57 Å². The molecule has 2 aromatic carbocycles. The van der Waals surface area contributed by atoms with Crippen molar-refractivity contribution in [2.24, 2.45) is 0 Å². The molecule has 0 fully saturated rings. The molecule has 0 aliphatic heterocycles. The summed E-state index contributed by atoms with van der Waals surface area (Å²) >= 11 is 0. The van der Waals surface area contributed by atoms with Gasteiger partial charge in [0.25, 0.3) is 5.91 Å². The van der Waals surface area contributed by atoms with Crippen molar-refractivity contribution < 1.29 is 9.53 Å². The molecule has 1 amide bonds. The highest BCUT2D eigenvalue weighted by Gasteiger charge is 2.12. The van der Waals surface area contributed by atoms with Crippen LogP contribution in [0, 0.1) is 11.3 Å². The molecule has 0 unspecified atom stereocenters. The van der Waals surface area contributed by atoms with Crippen LogP contribution in [0.3, 0.4) is 0 Å². The van der Waals surface area contributed by atoms with Gasteiger partial charge in [-0.15, -0.1) is 0 Å². The zero-order chi connectivity index (χ0) is 17.4. The first-order valence-corrected chi connectivity index (χ1v) is 7.58. The number of para-hydroxylation sites is 3. The van der Waals surface area contributed by atoms with Crippen molar-refractivity contribution in [3.05, 3.63) is 65.9 Å². The molecule has 2 N–H and O–H groups in total. The lowest BCUT2D eigenvalue weighted by molar-refractivity contribution is -0.112. The van der Waals surface area contributed by atoms with Gasteiger partial charge in [-0.2, -0.15) is 5.26 Å². The second-order valence-electron chi connectivity index (χ2n) is 4.98. The maximum absolute atomic E-state index is 12.3. The molecule has 0 aliphatic carbocycles. The van der Waals surface area contributed by atoms with Crippen LogP contribution in [0.2, 0.25) is 0 Å². The van der Waals surface area contributed by atoms with E-state index in [0.29, 0.717) is 11.4 Å². The molecule has 5 heteroatoms.